The topological polar surface area (TPSA) is 89.9 Å². The number of carbonyl (C=O) groups is 1. The fourth-order valence-corrected chi connectivity index (χ4v) is 2.84. The van der Waals surface area contributed by atoms with Crippen molar-refractivity contribution in [1.29, 1.82) is 0 Å². The van der Waals surface area contributed by atoms with Gasteiger partial charge in [0.1, 0.15) is 0 Å². The molecule has 114 valence electrons. The van der Waals surface area contributed by atoms with E-state index in [0.29, 0.717) is 18.2 Å². The summed E-state index contributed by atoms with van der Waals surface area (Å²) in [6.07, 6.45) is 2.67. The number of aromatic nitrogens is 4. The van der Waals surface area contributed by atoms with Crippen molar-refractivity contribution in [2.24, 2.45) is 5.73 Å². The highest BCUT2D eigenvalue weighted by Gasteiger charge is 2.14. The summed E-state index contributed by atoms with van der Waals surface area (Å²) in [5.74, 6) is -0.00429. The van der Waals surface area contributed by atoms with Gasteiger partial charge in [0.05, 0.1) is 30.2 Å². The van der Waals surface area contributed by atoms with Crippen molar-refractivity contribution in [3.05, 3.63) is 23.0 Å². The Labute approximate surface area is 127 Å². The zero-order valence-electron chi connectivity index (χ0n) is 12.5. The van der Waals surface area contributed by atoms with E-state index in [-0.39, 0.29) is 11.9 Å². The highest BCUT2D eigenvalue weighted by atomic mass is 32.1. The van der Waals surface area contributed by atoms with Crippen molar-refractivity contribution in [2.75, 3.05) is 11.4 Å². The summed E-state index contributed by atoms with van der Waals surface area (Å²) in [7, 11) is 0. The maximum Gasteiger partial charge on any atom is 0.225 e. The molecule has 2 N–H and O–H groups in total. The molecule has 2 aromatic rings. The number of carbonyl (C=O) groups excluding carboxylic acids is 1. The molecule has 2 heterocycles. The summed E-state index contributed by atoms with van der Waals surface area (Å²) in [6.45, 7) is 6.62. The largest absolute Gasteiger partial charge is 0.323 e. The van der Waals surface area contributed by atoms with Gasteiger partial charge >= 0.3 is 0 Å². The zero-order chi connectivity index (χ0) is 15.4. The molecule has 0 radical (unpaired) electrons. The van der Waals surface area contributed by atoms with Crippen molar-refractivity contribution >= 4 is 22.4 Å². The summed E-state index contributed by atoms with van der Waals surface area (Å²) in [5, 5.41) is 10.8. The van der Waals surface area contributed by atoms with E-state index in [0.717, 1.165) is 17.8 Å². The maximum atomic E-state index is 11.5. The molecule has 8 heteroatoms. The zero-order valence-corrected chi connectivity index (χ0v) is 13.3. The van der Waals surface area contributed by atoms with Crippen molar-refractivity contribution in [2.45, 2.75) is 39.8 Å². The van der Waals surface area contributed by atoms with Gasteiger partial charge in [-0.2, -0.15) is 0 Å². The second-order valence-corrected chi connectivity index (χ2v) is 5.58. The number of thiazole rings is 1. The van der Waals surface area contributed by atoms with Gasteiger partial charge in [0.15, 0.2) is 5.13 Å². The van der Waals surface area contributed by atoms with Crippen LogP contribution in [0.25, 0.3) is 0 Å². The number of amides is 1. The Morgan fingerprint density at radius 3 is 2.90 bits per heavy atom. The fourth-order valence-electron chi connectivity index (χ4n) is 1.92. The number of nitrogens with two attached hydrogens (primary N) is 1. The normalized spacial score (nSPS) is 12.4. The molecule has 0 aliphatic heterocycles. The molecule has 21 heavy (non-hydrogen) atoms. The van der Waals surface area contributed by atoms with Crippen LogP contribution in [0.15, 0.2) is 11.6 Å². The van der Waals surface area contributed by atoms with Crippen LogP contribution in [0, 0.1) is 0 Å². The Balaban J connectivity index is 2.09. The molecule has 0 fully saturated rings. The SMILES string of the molecule is CCC(N)c1cn(Cc2csc(N(CC)C(C)=O)n2)nn1. The fraction of sp³-hybridized carbons (Fsp3) is 0.538. The monoisotopic (exact) mass is 308 g/mol. The second kappa shape index (κ2) is 6.77. The van der Waals surface area contributed by atoms with E-state index in [1.165, 1.54) is 11.3 Å². The molecule has 7 nitrogen and oxygen atoms in total. The third-order valence-corrected chi connectivity index (χ3v) is 4.08. The van der Waals surface area contributed by atoms with Gasteiger partial charge in [0.25, 0.3) is 0 Å². The molecule has 0 aromatic carbocycles. The summed E-state index contributed by atoms with van der Waals surface area (Å²) in [5.41, 5.74) is 7.56. The highest BCUT2D eigenvalue weighted by Crippen LogP contribution is 2.21. The van der Waals surface area contributed by atoms with Crippen LogP contribution < -0.4 is 10.6 Å². The van der Waals surface area contributed by atoms with Gasteiger partial charge in [0, 0.05) is 18.8 Å². The quantitative estimate of drug-likeness (QED) is 0.874. The first-order valence-electron chi connectivity index (χ1n) is 6.93. The molecule has 2 aromatic heterocycles. The average molecular weight is 308 g/mol. The van der Waals surface area contributed by atoms with Crippen LogP contribution in [0.4, 0.5) is 5.13 Å². The van der Waals surface area contributed by atoms with Crippen LogP contribution >= 0.6 is 11.3 Å². The van der Waals surface area contributed by atoms with Gasteiger partial charge in [0.2, 0.25) is 5.91 Å². The van der Waals surface area contributed by atoms with Crippen LogP contribution in [-0.4, -0.2) is 32.4 Å². The summed E-state index contributed by atoms with van der Waals surface area (Å²) in [6, 6.07) is -0.0851. The number of anilines is 1. The smallest absolute Gasteiger partial charge is 0.225 e. The van der Waals surface area contributed by atoms with Gasteiger partial charge < -0.3 is 5.73 Å². The van der Waals surface area contributed by atoms with Crippen molar-refractivity contribution in [3.63, 3.8) is 0 Å². The molecule has 0 saturated carbocycles. The highest BCUT2D eigenvalue weighted by molar-refractivity contribution is 7.14. The van der Waals surface area contributed by atoms with Crippen LogP contribution in [0.2, 0.25) is 0 Å². The molecule has 0 saturated heterocycles. The Hall–Kier alpha value is -1.80. The van der Waals surface area contributed by atoms with Gasteiger partial charge in [-0.05, 0) is 13.3 Å². The van der Waals surface area contributed by atoms with Gasteiger partial charge in [-0.3, -0.25) is 9.69 Å². The first-order valence-corrected chi connectivity index (χ1v) is 7.81. The first-order chi connectivity index (χ1) is 10.0. The number of nitrogens with zero attached hydrogens (tertiary/aromatic N) is 5. The summed E-state index contributed by atoms with van der Waals surface area (Å²) < 4.78 is 1.72. The first kappa shape index (κ1) is 15.6. The standard InChI is InChI=1S/C13H20N6OS/c1-4-11(14)12-7-18(17-16-12)6-10-8-21-13(15-10)19(5-2)9(3)20/h7-8,11H,4-6,14H2,1-3H3. The van der Waals surface area contributed by atoms with Gasteiger partial charge in [-0.15, -0.1) is 16.4 Å². The molecule has 0 aliphatic carbocycles. The average Bonchev–Trinajstić information content (AvgIpc) is 3.09. The second-order valence-electron chi connectivity index (χ2n) is 4.74. The third kappa shape index (κ3) is 3.64. The Kier molecular flexibility index (Phi) is 5.03. The minimum Gasteiger partial charge on any atom is -0.323 e. The predicted octanol–water partition coefficient (Wildman–Crippen LogP) is 1.57. The lowest BCUT2D eigenvalue weighted by atomic mass is 10.2. The molecule has 0 bridgehead atoms. The van der Waals surface area contributed by atoms with Crippen molar-refractivity contribution in [1.82, 2.24) is 20.0 Å². The molecule has 1 amide bonds. The number of hydrogen-bond donors (Lipinski definition) is 1. The minimum atomic E-state index is -0.0851. The van der Waals surface area contributed by atoms with Crippen LogP contribution in [0.5, 0.6) is 0 Å². The van der Waals surface area contributed by atoms with E-state index in [1.54, 1.807) is 16.5 Å². The molecule has 1 atom stereocenters. The molecule has 0 spiro atoms. The van der Waals surface area contributed by atoms with Crippen LogP contribution in [0.3, 0.4) is 0 Å². The summed E-state index contributed by atoms with van der Waals surface area (Å²) >= 11 is 1.46. The van der Waals surface area contributed by atoms with E-state index >= 15 is 0 Å². The maximum absolute atomic E-state index is 11.5. The van der Waals surface area contributed by atoms with E-state index in [2.05, 4.69) is 15.3 Å². The van der Waals surface area contributed by atoms with E-state index in [1.807, 2.05) is 25.4 Å². The summed E-state index contributed by atoms with van der Waals surface area (Å²) in [4.78, 5) is 17.6. The molecule has 1 unspecified atom stereocenters. The van der Waals surface area contributed by atoms with Crippen molar-refractivity contribution in [3.8, 4) is 0 Å². The van der Waals surface area contributed by atoms with E-state index in [4.69, 9.17) is 5.73 Å². The van der Waals surface area contributed by atoms with Gasteiger partial charge in [-0.25, -0.2) is 9.67 Å². The van der Waals surface area contributed by atoms with Crippen LogP contribution in [0.1, 0.15) is 44.6 Å². The Morgan fingerprint density at radius 2 is 2.29 bits per heavy atom. The Morgan fingerprint density at radius 1 is 1.52 bits per heavy atom. The van der Waals surface area contributed by atoms with Crippen LogP contribution in [-0.2, 0) is 11.3 Å². The Bertz CT molecular complexity index is 607. The van der Waals surface area contributed by atoms with E-state index < -0.39 is 0 Å². The molecule has 0 aliphatic rings. The predicted molar refractivity (Wildman–Crippen MR) is 82.2 cm³/mol. The lowest BCUT2D eigenvalue weighted by molar-refractivity contribution is -0.116. The lowest BCUT2D eigenvalue weighted by Gasteiger charge is -2.14. The number of hydrogen-bond acceptors (Lipinski definition) is 6. The number of rotatable bonds is 6. The lowest BCUT2D eigenvalue weighted by Crippen LogP contribution is -2.27. The molecular weight excluding hydrogens is 288 g/mol. The van der Waals surface area contributed by atoms with E-state index in [9.17, 15) is 4.79 Å². The minimum absolute atomic E-state index is 0.00429. The van der Waals surface area contributed by atoms with Crippen molar-refractivity contribution < 1.29 is 4.79 Å². The van der Waals surface area contributed by atoms with Gasteiger partial charge in [-0.1, -0.05) is 12.1 Å². The molecule has 2 rings (SSSR count). The molecular formula is C13H20N6OS. The third-order valence-electron chi connectivity index (χ3n) is 3.17.